The summed E-state index contributed by atoms with van der Waals surface area (Å²) in [5.74, 6) is 0.830. The number of halogens is 2. The molecule has 0 atom stereocenters. The minimum Gasteiger partial charge on any atom is -0.316 e. The average Bonchev–Trinajstić information content (AvgIpc) is 2.65. The normalized spacial score (nSPS) is 10.5. The fraction of sp³-hybridized carbons (Fsp3) is 0.667. The molecule has 0 aliphatic heterocycles. The zero-order chi connectivity index (χ0) is 11.1. The summed E-state index contributed by atoms with van der Waals surface area (Å²) in [5.41, 5.74) is 0. The van der Waals surface area contributed by atoms with Crippen LogP contribution in [0.2, 0.25) is 4.34 Å². The van der Waals surface area contributed by atoms with Crippen LogP contribution in [-0.2, 0) is 6.42 Å². The fourth-order valence-electron chi connectivity index (χ4n) is 1.58. The molecular formula is C12H21Cl2NS. The van der Waals surface area contributed by atoms with E-state index in [1.807, 2.05) is 6.07 Å². The largest absolute Gasteiger partial charge is 0.316 e. The van der Waals surface area contributed by atoms with E-state index in [1.54, 1.807) is 11.3 Å². The molecule has 1 N–H and O–H groups in total. The van der Waals surface area contributed by atoms with Gasteiger partial charge in [0.2, 0.25) is 0 Å². The smallest absolute Gasteiger partial charge is 0.0931 e. The van der Waals surface area contributed by atoms with E-state index < -0.39 is 0 Å². The summed E-state index contributed by atoms with van der Waals surface area (Å²) < 4.78 is 0.894. The van der Waals surface area contributed by atoms with Crippen LogP contribution in [0.4, 0.5) is 0 Å². The number of hydrogen-bond acceptors (Lipinski definition) is 2. The Bertz CT molecular complexity index is 272. The molecule has 0 saturated heterocycles. The van der Waals surface area contributed by atoms with Crippen molar-refractivity contribution in [2.75, 3.05) is 13.1 Å². The van der Waals surface area contributed by atoms with Gasteiger partial charge in [0.1, 0.15) is 0 Å². The van der Waals surface area contributed by atoms with Crippen molar-refractivity contribution in [1.29, 1.82) is 0 Å². The Morgan fingerprint density at radius 1 is 1.31 bits per heavy atom. The van der Waals surface area contributed by atoms with E-state index in [1.165, 1.54) is 17.7 Å². The van der Waals surface area contributed by atoms with Gasteiger partial charge in [0.25, 0.3) is 0 Å². The second-order valence-corrected chi connectivity index (χ2v) is 5.64. The molecule has 16 heavy (non-hydrogen) atoms. The van der Waals surface area contributed by atoms with Gasteiger partial charge in [0.05, 0.1) is 4.34 Å². The molecule has 1 nitrogen and oxygen atoms in total. The van der Waals surface area contributed by atoms with Crippen molar-refractivity contribution in [2.45, 2.75) is 33.1 Å². The Labute approximate surface area is 114 Å². The summed E-state index contributed by atoms with van der Waals surface area (Å²) in [6, 6.07) is 4.09. The van der Waals surface area contributed by atoms with Crippen molar-refractivity contribution >= 4 is 35.3 Å². The quantitative estimate of drug-likeness (QED) is 0.731. The molecular weight excluding hydrogens is 261 g/mol. The van der Waals surface area contributed by atoms with Crippen LogP contribution in [0.5, 0.6) is 0 Å². The summed E-state index contributed by atoms with van der Waals surface area (Å²) in [5, 5.41) is 3.51. The lowest BCUT2D eigenvalue weighted by atomic mass is 10.0. The summed E-state index contributed by atoms with van der Waals surface area (Å²) in [6.45, 7) is 6.73. The lowest BCUT2D eigenvalue weighted by molar-refractivity contribution is 0.452. The van der Waals surface area contributed by atoms with Crippen LogP contribution in [0.3, 0.4) is 0 Å². The van der Waals surface area contributed by atoms with Crippen molar-refractivity contribution < 1.29 is 0 Å². The Hall–Kier alpha value is 0.240. The lowest BCUT2D eigenvalue weighted by Crippen LogP contribution is -2.24. The number of nitrogens with one attached hydrogen (secondary N) is 1. The summed E-state index contributed by atoms with van der Waals surface area (Å²) in [4.78, 5) is 1.37. The molecule has 0 bridgehead atoms. The Morgan fingerprint density at radius 3 is 2.50 bits per heavy atom. The van der Waals surface area contributed by atoms with E-state index in [9.17, 15) is 0 Å². The Morgan fingerprint density at radius 2 is 2.00 bits per heavy atom. The maximum atomic E-state index is 5.87. The molecule has 0 spiro atoms. The molecule has 1 aromatic heterocycles. The highest BCUT2D eigenvalue weighted by molar-refractivity contribution is 7.16. The first-order valence-electron chi connectivity index (χ1n) is 5.71. The van der Waals surface area contributed by atoms with Crippen LogP contribution >= 0.6 is 35.3 Å². The molecule has 94 valence electrons. The standard InChI is InChI=1S/C12H20ClNS.ClH/c1-3-10(4-2)9-14-8-7-11-5-6-12(13)15-11;/h5-6,10,14H,3-4,7-9H2,1-2H3;1H. The number of hydrogen-bond donors (Lipinski definition) is 1. The van der Waals surface area contributed by atoms with E-state index >= 15 is 0 Å². The van der Waals surface area contributed by atoms with Crippen LogP contribution in [0.15, 0.2) is 12.1 Å². The first kappa shape index (κ1) is 16.2. The first-order chi connectivity index (χ1) is 7.26. The predicted octanol–water partition coefficient (Wildman–Crippen LogP) is 4.39. The van der Waals surface area contributed by atoms with Crippen molar-refractivity contribution in [3.63, 3.8) is 0 Å². The maximum Gasteiger partial charge on any atom is 0.0931 e. The minimum atomic E-state index is 0. The Balaban J connectivity index is 0.00000225. The van der Waals surface area contributed by atoms with Gasteiger partial charge in [-0.05, 0) is 37.6 Å². The molecule has 0 aromatic carbocycles. The second-order valence-electron chi connectivity index (χ2n) is 3.84. The third-order valence-electron chi connectivity index (χ3n) is 2.76. The molecule has 0 aliphatic carbocycles. The highest BCUT2D eigenvalue weighted by Crippen LogP contribution is 2.21. The monoisotopic (exact) mass is 281 g/mol. The molecule has 0 fully saturated rings. The average molecular weight is 282 g/mol. The summed E-state index contributed by atoms with van der Waals surface area (Å²) in [7, 11) is 0. The van der Waals surface area contributed by atoms with Gasteiger partial charge in [0.15, 0.2) is 0 Å². The van der Waals surface area contributed by atoms with Gasteiger partial charge in [-0.25, -0.2) is 0 Å². The van der Waals surface area contributed by atoms with E-state index in [0.29, 0.717) is 0 Å². The third-order valence-corrected chi connectivity index (χ3v) is 4.06. The van der Waals surface area contributed by atoms with Gasteiger partial charge in [-0.3, -0.25) is 0 Å². The lowest BCUT2D eigenvalue weighted by Gasteiger charge is -2.12. The van der Waals surface area contributed by atoms with E-state index in [-0.39, 0.29) is 12.4 Å². The predicted molar refractivity (Wildman–Crippen MR) is 77.2 cm³/mol. The van der Waals surface area contributed by atoms with E-state index in [4.69, 9.17) is 11.6 Å². The number of rotatable bonds is 7. The SMILES string of the molecule is CCC(CC)CNCCc1ccc(Cl)s1.Cl. The van der Waals surface area contributed by atoms with Gasteiger partial charge in [0, 0.05) is 4.88 Å². The summed E-state index contributed by atoms with van der Waals surface area (Å²) >= 11 is 7.55. The minimum absolute atomic E-state index is 0. The molecule has 1 aromatic rings. The zero-order valence-electron chi connectivity index (χ0n) is 9.96. The van der Waals surface area contributed by atoms with Gasteiger partial charge >= 0.3 is 0 Å². The molecule has 1 heterocycles. The molecule has 0 amide bonds. The van der Waals surface area contributed by atoms with Crippen LogP contribution in [0.25, 0.3) is 0 Å². The van der Waals surface area contributed by atoms with Crippen molar-refractivity contribution in [1.82, 2.24) is 5.32 Å². The topological polar surface area (TPSA) is 12.0 Å². The van der Waals surface area contributed by atoms with E-state index in [2.05, 4.69) is 25.2 Å². The summed E-state index contributed by atoms with van der Waals surface area (Å²) in [6.07, 6.45) is 3.64. The molecule has 1 rings (SSSR count). The van der Waals surface area contributed by atoms with Gasteiger partial charge in [-0.1, -0.05) is 38.3 Å². The fourth-order valence-corrected chi connectivity index (χ4v) is 2.67. The maximum absolute atomic E-state index is 5.87. The van der Waals surface area contributed by atoms with Crippen LogP contribution < -0.4 is 5.32 Å². The molecule has 0 unspecified atom stereocenters. The van der Waals surface area contributed by atoms with Gasteiger partial charge < -0.3 is 5.32 Å². The van der Waals surface area contributed by atoms with Crippen LogP contribution in [-0.4, -0.2) is 13.1 Å². The van der Waals surface area contributed by atoms with Crippen LogP contribution in [0, 0.1) is 5.92 Å². The molecule has 0 aliphatic rings. The highest BCUT2D eigenvalue weighted by atomic mass is 35.5. The van der Waals surface area contributed by atoms with E-state index in [0.717, 1.165) is 29.8 Å². The van der Waals surface area contributed by atoms with Crippen molar-refractivity contribution in [3.05, 3.63) is 21.3 Å². The van der Waals surface area contributed by atoms with Gasteiger partial charge in [-0.15, -0.1) is 23.7 Å². The molecule has 0 radical (unpaired) electrons. The first-order valence-corrected chi connectivity index (χ1v) is 6.90. The second kappa shape index (κ2) is 9.29. The molecule has 0 saturated carbocycles. The third kappa shape index (κ3) is 6.09. The molecule has 4 heteroatoms. The van der Waals surface area contributed by atoms with Crippen LogP contribution in [0.1, 0.15) is 31.6 Å². The number of thiophene rings is 1. The highest BCUT2D eigenvalue weighted by Gasteiger charge is 2.02. The van der Waals surface area contributed by atoms with Crippen molar-refractivity contribution in [3.8, 4) is 0 Å². The Kier molecular flexibility index (Phi) is 9.43. The zero-order valence-corrected chi connectivity index (χ0v) is 12.4. The van der Waals surface area contributed by atoms with Gasteiger partial charge in [-0.2, -0.15) is 0 Å². The van der Waals surface area contributed by atoms with Crippen molar-refractivity contribution in [2.24, 2.45) is 5.92 Å².